The topological polar surface area (TPSA) is 78.6 Å². The van der Waals surface area contributed by atoms with Crippen LogP contribution in [0.2, 0.25) is 0 Å². The van der Waals surface area contributed by atoms with Gasteiger partial charge in [0.05, 0.1) is 24.6 Å². The number of hydrogen-bond donors (Lipinski definition) is 1. The average Bonchev–Trinajstić information content (AvgIpc) is 1.93. The highest BCUT2D eigenvalue weighted by molar-refractivity contribution is 7.89. The predicted molar refractivity (Wildman–Crippen MR) is 52.4 cm³/mol. The Labute approximate surface area is 84.6 Å². The quantitative estimate of drug-likeness (QED) is 0.706. The van der Waals surface area contributed by atoms with E-state index in [-0.39, 0.29) is 18.0 Å². The van der Waals surface area contributed by atoms with Crippen LogP contribution >= 0.6 is 0 Å². The first kappa shape index (κ1) is 11.9. The molecule has 0 amide bonds. The van der Waals surface area contributed by atoms with Crippen LogP contribution in [0, 0.1) is 0 Å². The normalized spacial score (nSPS) is 32.9. The Hall–Kier alpha value is -0.170. The first-order valence-corrected chi connectivity index (χ1v) is 6.12. The first-order chi connectivity index (χ1) is 6.12. The fourth-order valence-electron chi connectivity index (χ4n) is 1.29. The molecule has 0 aromatic carbocycles. The van der Waals surface area contributed by atoms with Crippen molar-refractivity contribution in [2.45, 2.75) is 32.0 Å². The highest BCUT2D eigenvalue weighted by Gasteiger charge is 2.39. The Bertz CT molecular complexity index is 299. The maximum absolute atomic E-state index is 10.9. The molecule has 1 rings (SSSR count). The van der Waals surface area contributed by atoms with Crippen LogP contribution in [-0.2, 0) is 19.5 Å². The van der Waals surface area contributed by atoms with Crippen molar-refractivity contribution in [1.82, 2.24) is 0 Å². The largest absolute Gasteiger partial charge is 0.370 e. The highest BCUT2D eigenvalue weighted by atomic mass is 32.2. The van der Waals surface area contributed by atoms with Gasteiger partial charge in [-0.2, -0.15) is 0 Å². The summed E-state index contributed by atoms with van der Waals surface area (Å²) in [5, 5.41) is 4.96. The number of ether oxygens (including phenoxy) is 2. The maximum atomic E-state index is 10.9. The minimum Gasteiger partial charge on any atom is -0.370 e. The molecule has 0 radical (unpaired) electrons. The number of rotatable bonds is 2. The molecule has 0 aliphatic carbocycles. The van der Waals surface area contributed by atoms with Gasteiger partial charge in [-0.3, -0.25) is 0 Å². The molecule has 1 atom stereocenters. The van der Waals surface area contributed by atoms with Crippen molar-refractivity contribution in [1.29, 1.82) is 0 Å². The van der Waals surface area contributed by atoms with Gasteiger partial charge >= 0.3 is 0 Å². The van der Waals surface area contributed by atoms with E-state index in [0.29, 0.717) is 6.61 Å². The smallest absolute Gasteiger partial charge is 0.212 e. The lowest BCUT2D eigenvalue weighted by molar-refractivity contribution is -0.208. The van der Waals surface area contributed by atoms with Gasteiger partial charge in [0.2, 0.25) is 10.0 Å². The molecule has 1 heterocycles. The lowest BCUT2D eigenvalue weighted by atomic mass is 10.1. The molecule has 14 heavy (non-hydrogen) atoms. The van der Waals surface area contributed by atoms with E-state index >= 15 is 0 Å². The van der Waals surface area contributed by atoms with E-state index in [9.17, 15) is 8.42 Å². The molecule has 0 bridgehead atoms. The molecule has 0 spiro atoms. The molecule has 0 aromatic heterocycles. The van der Waals surface area contributed by atoms with Crippen LogP contribution in [0.25, 0.3) is 0 Å². The molecule has 5 nitrogen and oxygen atoms in total. The summed E-state index contributed by atoms with van der Waals surface area (Å²) in [4.78, 5) is 0. The van der Waals surface area contributed by atoms with Crippen molar-refractivity contribution >= 4 is 10.0 Å². The summed E-state index contributed by atoms with van der Waals surface area (Å²) in [6, 6.07) is 0. The van der Waals surface area contributed by atoms with Gasteiger partial charge in [0.1, 0.15) is 5.60 Å². The van der Waals surface area contributed by atoms with Crippen molar-refractivity contribution in [2.24, 2.45) is 5.14 Å². The van der Waals surface area contributed by atoms with Crippen LogP contribution in [0.1, 0.15) is 20.8 Å². The van der Waals surface area contributed by atoms with Crippen molar-refractivity contribution in [3.63, 3.8) is 0 Å². The molecule has 84 valence electrons. The number of nitrogens with two attached hydrogens (primary N) is 1. The van der Waals surface area contributed by atoms with Crippen LogP contribution in [0.15, 0.2) is 0 Å². The fraction of sp³-hybridized carbons (Fsp3) is 1.00. The maximum Gasteiger partial charge on any atom is 0.212 e. The van der Waals surface area contributed by atoms with Crippen LogP contribution in [0.5, 0.6) is 0 Å². The summed E-state index contributed by atoms with van der Waals surface area (Å²) >= 11 is 0. The Kier molecular flexibility index (Phi) is 2.93. The van der Waals surface area contributed by atoms with Gasteiger partial charge in [0, 0.05) is 0 Å². The summed E-state index contributed by atoms with van der Waals surface area (Å²) in [6.45, 7) is 6.09. The third-order valence-electron chi connectivity index (χ3n) is 2.04. The van der Waals surface area contributed by atoms with Crippen molar-refractivity contribution in [3.05, 3.63) is 0 Å². The van der Waals surface area contributed by atoms with Crippen LogP contribution in [0.4, 0.5) is 0 Å². The Morgan fingerprint density at radius 1 is 1.21 bits per heavy atom. The average molecular weight is 223 g/mol. The Morgan fingerprint density at radius 3 is 2.14 bits per heavy atom. The summed E-state index contributed by atoms with van der Waals surface area (Å²) in [7, 11) is -3.52. The number of primary sulfonamides is 1. The number of hydrogen-bond acceptors (Lipinski definition) is 4. The van der Waals surface area contributed by atoms with E-state index in [1.807, 2.05) is 13.8 Å². The SMILES string of the molecule is CC1(C)COC(C)(CS(N)(=O)=O)CO1. The molecular weight excluding hydrogens is 206 g/mol. The van der Waals surface area contributed by atoms with Crippen molar-refractivity contribution in [2.75, 3.05) is 19.0 Å². The van der Waals surface area contributed by atoms with E-state index in [0.717, 1.165) is 0 Å². The summed E-state index contributed by atoms with van der Waals surface area (Å²) in [6.07, 6.45) is 0. The molecule has 2 N–H and O–H groups in total. The molecule has 1 fully saturated rings. The van der Waals surface area contributed by atoms with Gasteiger partial charge in [0.15, 0.2) is 0 Å². The van der Waals surface area contributed by atoms with E-state index < -0.39 is 15.6 Å². The summed E-state index contributed by atoms with van der Waals surface area (Å²) in [5.41, 5.74) is -1.17. The van der Waals surface area contributed by atoms with Gasteiger partial charge in [0.25, 0.3) is 0 Å². The standard InChI is InChI=1S/C8H17NO4S/c1-7(2)4-13-8(3,5-12-7)6-14(9,10)11/h4-6H2,1-3H3,(H2,9,10,11). The predicted octanol–water partition coefficient (Wildman–Crippen LogP) is -0.141. The molecule has 6 heteroatoms. The van der Waals surface area contributed by atoms with Crippen LogP contribution < -0.4 is 5.14 Å². The zero-order valence-corrected chi connectivity index (χ0v) is 9.56. The Balaban J connectivity index is 2.63. The van der Waals surface area contributed by atoms with Gasteiger partial charge in [-0.15, -0.1) is 0 Å². The molecule has 1 unspecified atom stereocenters. The molecule has 1 aliphatic rings. The second-order valence-electron chi connectivity index (χ2n) is 4.59. The number of sulfonamides is 1. The van der Waals surface area contributed by atoms with Gasteiger partial charge in [-0.05, 0) is 20.8 Å². The minimum atomic E-state index is -3.52. The van der Waals surface area contributed by atoms with Gasteiger partial charge in [-0.25, -0.2) is 13.6 Å². The summed E-state index contributed by atoms with van der Waals surface area (Å²) in [5.74, 6) is -0.212. The first-order valence-electron chi connectivity index (χ1n) is 4.40. The van der Waals surface area contributed by atoms with Gasteiger partial charge < -0.3 is 9.47 Å². The van der Waals surface area contributed by atoms with Crippen LogP contribution in [-0.4, -0.2) is 38.6 Å². The second-order valence-corrected chi connectivity index (χ2v) is 6.21. The minimum absolute atomic E-state index is 0.212. The van der Waals surface area contributed by atoms with E-state index in [1.165, 1.54) is 0 Å². The molecule has 0 saturated carbocycles. The van der Waals surface area contributed by atoms with Gasteiger partial charge in [-0.1, -0.05) is 0 Å². The summed E-state index contributed by atoms with van der Waals surface area (Å²) < 4.78 is 32.8. The molecule has 0 aromatic rings. The van der Waals surface area contributed by atoms with Crippen molar-refractivity contribution in [3.8, 4) is 0 Å². The third-order valence-corrected chi connectivity index (χ3v) is 3.06. The molecule has 1 saturated heterocycles. The molecular formula is C8H17NO4S. The van der Waals surface area contributed by atoms with E-state index in [4.69, 9.17) is 14.6 Å². The fourth-order valence-corrected chi connectivity index (χ4v) is 2.31. The lowest BCUT2D eigenvalue weighted by Gasteiger charge is -2.41. The Morgan fingerprint density at radius 2 is 1.79 bits per heavy atom. The molecule has 1 aliphatic heterocycles. The highest BCUT2D eigenvalue weighted by Crippen LogP contribution is 2.25. The third kappa shape index (κ3) is 3.53. The zero-order chi connectivity index (χ0) is 11.0. The lowest BCUT2D eigenvalue weighted by Crippen LogP contribution is -2.53. The van der Waals surface area contributed by atoms with Crippen LogP contribution in [0.3, 0.4) is 0 Å². The monoisotopic (exact) mass is 223 g/mol. The van der Waals surface area contributed by atoms with E-state index in [1.54, 1.807) is 6.92 Å². The van der Waals surface area contributed by atoms with E-state index in [2.05, 4.69) is 0 Å². The van der Waals surface area contributed by atoms with Crippen molar-refractivity contribution < 1.29 is 17.9 Å². The zero-order valence-electron chi connectivity index (χ0n) is 8.74. The second kappa shape index (κ2) is 3.44.